The van der Waals surface area contributed by atoms with Gasteiger partial charge in [0.1, 0.15) is 11.5 Å². The Bertz CT molecular complexity index is 977. The van der Waals surface area contributed by atoms with E-state index in [1.807, 2.05) is 19.9 Å². The number of rotatable bonds is 7. The van der Waals surface area contributed by atoms with E-state index < -0.39 is 0 Å². The van der Waals surface area contributed by atoms with Crippen molar-refractivity contribution in [2.75, 3.05) is 31.1 Å². The number of anilines is 1. The van der Waals surface area contributed by atoms with Crippen LogP contribution in [0, 0.1) is 13.8 Å². The summed E-state index contributed by atoms with van der Waals surface area (Å²) in [5, 5.41) is 15.7. The first-order valence-corrected chi connectivity index (χ1v) is 9.29. The van der Waals surface area contributed by atoms with Crippen molar-refractivity contribution in [2.45, 2.75) is 19.0 Å². The van der Waals surface area contributed by atoms with Crippen molar-refractivity contribution < 1.29 is 14.3 Å². The number of nitrogen functional groups attached to an aromatic ring is 1. The molecule has 11 heteroatoms. The van der Waals surface area contributed by atoms with Gasteiger partial charge in [-0.2, -0.15) is 5.10 Å². The molecule has 0 aliphatic rings. The van der Waals surface area contributed by atoms with Crippen molar-refractivity contribution in [2.24, 2.45) is 0 Å². The average Bonchev–Trinajstić information content (AvgIpc) is 3.20. The van der Waals surface area contributed by atoms with Gasteiger partial charge in [-0.15, -0.1) is 10.2 Å². The molecule has 0 aliphatic carbocycles. The molecule has 2 heterocycles. The fraction of sp³-hybridized carbons (Fsp3) is 0.294. The van der Waals surface area contributed by atoms with Crippen LogP contribution in [0.3, 0.4) is 0 Å². The van der Waals surface area contributed by atoms with Crippen LogP contribution in [0.4, 0.5) is 5.69 Å². The number of hydrogen-bond acceptors (Lipinski definition) is 8. The van der Waals surface area contributed by atoms with Gasteiger partial charge in [0.05, 0.1) is 25.7 Å². The zero-order valence-electron chi connectivity index (χ0n) is 16.0. The Morgan fingerprint density at radius 3 is 2.39 bits per heavy atom. The molecule has 0 saturated carbocycles. The van der Waals surface area contributed by atoms with E-state index in [-0.39, 0.29) is 11.7 Å². The summed E-state index contributed by atoms with van der Waals surface area (Å²) in [4.78, 5) is 12.3. The highest BCUT2D eigenvalue weighted by molar-refractivity contribution is 7.99. The number of methoxy groups -OCH3 is 2. The molecule has 0 saturated heterocycles. The number of ether oxygens (including phenoxy) is 2. The Labute approximate surface area is 166 Å². The lowest BCUT2D eigenvalue weighted by atomic mass is 10.2. The van der Waals surface area contributed by atoms with Gasteiger partial charge in [0, 0.05) is 29.6 Å². The number of carbonyl (C=O) groups is 1. The fourth-order valence-electron chi connectivity index (χ4n) is 2.55. The minimum absolute atomic E-state index is 0.103. The van der Waals surface area contributed by atoms with E-state index in [0.717, 1.165) is 11.4 Å². The number of thioether (sulfide) groups is 1. The second-order valence-corrected chi connectivity index (χ2v) is 6.87. The number of nitrogens with zero attached hydrogens (tertiary/aromatic N) is 5. The Morgan fingerprint density at radius 2 is 1.82 bits per heavy atom. The van der Waals surface area contributed by atoms with E-state index in [1.165, 1.54) is 16.4 Å². The minimum Gasteiger partial charge on any atom is -0.497 e. The Kier molecular flexibility index (Phi) is 5.73. The van der Waals surface area contributed by atoms with E-state index >= 15 is 0 Å². The number of benzene rings is 1. The minimum atomic E-state index is -0.226. The third kappa shape index (κ3) is 4.19. The van der Waals surface area contributed by atoms with E-state index in [9.17, 15) is 4.79 Å². The van der Waals surface area contributed by atoms with Crippen LogP contribution in [0.25, 0.3) is 5.95 Å². The summed E-state index contributed by atoms with van der Waals surface area (Å²) in [6.07, 6.45) is 0. The highest BCUT2D eigenvalue weighted by Gasteiger charge is 2.16. The number of aryl methyl sites for hydroxylation is 2. The van der Waals surface area contributed by atoms with Crippen LogP contribution in [0.15, 0.2) is 29.4 Å². The van der Waals surface area contributed by atoms with Crippen LogP contribution >= 0.6 is 11.8 Å². The van der Waals surface area contributed by atoms with Gasteiger partial charge in [0.15, 0.2) is 0 Å². The molecule has 2 aromatic heterocycles. The molecular formula is C17H21N7O3S. The zero-order valence-corrected chi connectivity index (χ0v) is 16.8. The lowest BCUT2D eigenvalue weighted by molar-refractivity contribution is -0.113. The molecule has 3 N–H and O–H groups in total. The maximum atomic E-state index is 12.3. The van der Waals surface area contributed by atoms with Crippen molar-refractivity contribution in [3.8, 4) is 17.4 Å². The SMILES string of the molecule is COc1cc(NC(=O)CSc2nnc(-n3nc(C)cc3C)n2N)cc(OC)c1. The number of aromatic nitrogens is 5. The highest BCUT2D eigenvalue weighted by Crippen LogP contribution is 2.26. The maximum absolute atomic E-state index is 12.3. The molecule has 28 heavy (non-hydrogen) atoms. The molecule has 0 aliphatic heterocycles. The second kappa shape index (κ2) is 8.21. The van der Waals surface area contributed by atoms with Gasteiger partial charge < -0.3 is 20.6 Å². The van der Waals surface area contributed by atoms with Crippen molar-refractivity contribution >= 4 is 23.4 Å². The van der Waals surface area contributed by atoms with Crippen molar-refractivity contribution in [3.63, 3.8) is 0 Å². The fourth-order valence-corrected chi connectivity index (χ4v) is 3.20. The second-order valence-electron chi connectivity index (χ2n) is 5.93. The van der Waals surface area contributed by atoms with Crippen LogP contribution in [0.1, 0.15) is 11.4 Å². The summed E-state index contributed by atoms with van der Waals surface area (Å²) in [6, 6.07) is 7.05. The summed E-state index contributed by atoms with van der Waals surface area (Å²) in [5.41, 5.74) is 2.31. The van der Waals surface area contributed by atoms with Crippen LogP contribution in [-0.2, 0) is 4.79 Å². The first-order chi connectivity index (χ1) is 13.4. The van der Waals surface area contributed by atoms with Crippen LogP contribution in [0.5, 0.6) is 11.5 Å². The normalized spacial score (nSPS) is 10.7. The summed E-state index contributed by atoms with van der Waals surface area (Å²) in [6.45, 7) is 3.78. The van der Waals surface area contributed by atoms with Crippen LogP contribution < -0.4 is 20.6 Å². The molecule has 10 nitrogen and oxygen atoms in total. The van der Waals surface area contributed by atoms with Gasteiger partial charge in [0.25, 0.3) is 5.95 Å². The Hall–Kier alpha value is -3.21. The molecule has 1 aromatic carbocycles. The van der Waals surface area contributed by atoms with Crippen LogP contribution in [-0.4, -0.2) is 50.5 Å². The third-order valence-corrected chi connectivity index (χ3v) is 4.76. The zero-order chi connectivity index (χ0) is 20.3. The van der Waals surface area contributed by atoms with Gasteiger partial charge in [0.2, 0.25) is 11.1 Å². The lowest BCUT2D eigenvalue weighted by Crippen LogP contribution is -2.18. The molecule has 0 spiro atoms. The smallest absolute Gasteiger partial charge is 0.271 e. The van der Waals surface area contributed by atoms with E-state index in [2.05, 4.69) is 20.6 Å². The molecule has 3 rings (SSSR count). The summed E-state index contributed by atoms with van der Waals surface area (Å²) in [7, 11) is 3.09. The molecule has 0 radical (unpaired) electrons. The quantitative estimate of drug-likeness (QED) is 0.450. The molecular weight excluding hydrogens is 382 g/mol. The Morgan fingerprint density at radius 1 is 1.14 bits per heavy atom. The van der Waals surface area contributed by atoms with Crippen molar-refractivity contribution in [1.29, 1.82) is 0 Å². The highest BCUT2D eigenvalue weighted by atomic mass is 32.2. The summed E-state index contributed by atoms with van der Waals surface area (Å²) < 4.78 is 13.3. The molecule has 3 aromatic rings. The van der Waals surface area contributed by atoms with E-state index in [4.69, 9.17) is 15.3 Å². The van der Waals surface area contributed by atoms with Crippen molar-refractivity contribution in [1.82, 2.24) is 24.7 Å². The molecule has 0 atom stereocenters. The van der Waals surface area contributed by atoms with Crippen molar-refractivity contribution in [3.05, 3.63) is 35.7 Å². The molecule has 0 bridgehead atoms. The van der Waals surface area contributed by atoms with Gasteiger partial charge in [-0.3, -0.25) is 4.79 Å². The van der Waals surface area contributed by atoms with Gasteiger partial charge in [-0.05, 0) is 19.9 Å². The lowest BCUT2D eigenvalue weighted by Gasteiger charge is -2.09. The van der Waals surface area contributed by atoms with Gasteiger partial charge in [-0.25, -0.2) is 9.36 Å². The predicted octanol–water partition coefficient (Wildman–Crippen LogP) is 1.54. The number of hydrogen-bond donors (Lipinski definition) is 2. The topological polar surface area (TPSA) is 122 Å². The van der Waals surface area contributed by atoms with Gasteiger partial charge in [-0.1, -0.05) is 11.8 Å². The first-order valence-electron chi connectivity index (χ1n) is 8.31. The largest absolute Gasteiger partial charge is 0.497 e. The molecule has 0 unspecified atom stereocenters. The van der Waals surface area contributed by atoms with Gasteiger partial charge >= 0.3 is 0 Å². The molecule has 1 amide bonds. The monoisotopic (exact) mass is 403 g/mol. The molecule has 148 valence electrons. The third-order valence-electron chi connectivity index (χ3n) is 3.81. The maximum Gasteiger partial charge on any atom is 0.271 e. The number of amides is 1. The number of nitrogens with one attached hydrogen (secondary N) is 1. The van der Waals surface area contributed by atoms with E-state index in [1.54, 1.807) is 37.1 Å². The first kappa shape index (κ1) is 19.5. The van der Waals surface area contributed by atoms with Crippen LogP contribution in [0.2, 0.25) is 0 Å². The average molecular weight is 403 g/mol. The predicted molar refractivity (Wildman–Crippen MR) is 106 cm³/mol. The number of carbonyl (C=O) groups excluding carboxylic acids is 1. The standard InChI is InChI=1S/C17H21N7O3S/c1-10-5-11(2)24(22-10)16-20-21-17(23(16)18)28-9-15(25)19-12-6-13(26-3)8-14(7-12)27-4/h5-8H,9,18H2,1-4H3,(H,19,25). The summed E-state index contributed by atoms with van der Waals surface area (Å²) in [5.74, 6) is 7.50. The Balaban J connectivity index is 1.66. The number of nitrogens with two attached hydrogens (primary N) is 1. The van der Waals surface area contributed by atoms with E-state index in [0.29, 0.717) is 28.3 Å². The molecule has 0 fully saturated rings. The summed E-state index contributed by atoms with van der Waals surface area (Å²) >= 11 is 1.17.